The summed E-state index contributed by atoms with van der Waals surface area (Å²) in [5.74, 6) is 1.02. The number of carbonyl (C=O) groups is 2. The van der Waals surface area contributed by atoms with Gasteiger partial charge in [0.05, 0.1) is 6.04 Å². The Kier molecular flexibility index (Phi) is 8.70. The van der Waals surface area contributed by atoms with Gasteiger partial charge in [0.15, 0.2) is 0 Å². The van der Waals surface area contributed by atoms with E-state index >= 15 is 0 Å². The molecule has 37 heavy (non-hydrogen) atoms. The van der Waals surface area contributed by atoms with Crippen LogP contribution in [0.4, 0.5) is 0 Å². The van der Waals surface area contributed by atoms with Crippen LogP contribution in [0.15, 0.2) is 53.9 Å². The molecule has 0 fully saturated rings. The summed E-state index contributed by atoms with van der Waals surface area (Å²) in [6.45, 7) is 12.0. The predicted octanol–water partition coefficient (Wildman–Crippen LogP) is 6.37. The molecule has 2 amide bonds. The summed E-state index contributed by atoms with van der Waals surface area (Å²) in [5.41, 5.74) is 5.16. The third-order valence-corrected chi connectivity index (χ3v) is 8.28. The zero-order valence-corrected chi connectivity index (χ0v) is 23.4. The quantitative estimate of drug-likeness (QED) is 0.331. The van der Waals surface area contributed by atoms with Gasteiger partial charge in [-0.25, -0.2) is 0 Å². The molecule has 0 spiro atoms. The third-order valence-electron chi connectivity index (χ3n) is 7.28. The normalized spacial score (nSPS) is 15.7. The molecule has 2 heterocycles. The molecule has 4 rings (SSSR count). The number of hydrogen-bond acceptors (Lipinski definition) is 4. The second-order valence-electron chi connectivity index (χ2n) is 10.3. The number of nitrogens with zero attached hydrogens (tertiary/aromatic N) is 2. The lowest BCUT2D eigenvalue weighted by Gasteiger charge is -2.37. The zero-order valence-electron chi connectivity index (χ0n) is 22.6. The Hall–Kier alpha value is -3.12. The summed E-state index contributed by atoms with van der Waals surface area (Å²) in [4.78, 5) is 32.2. The van der Waals surface area contributed by atoms with E-state index in [1.54, 1.807) is 16.2 Å². The largest absolute Gasteiger partial charge is 0.491 e. The number of aryl methyl sites for hydroxylation is 3. The number of amides is 2. The first kappa shape index (κ1) is 26.9. The van der Waals surface area contributed by atoms with Crippen LogP contribution in [0.5, 0.6) is 5.75 Å². The first-order valence-electron chi connectivity index (χ1n) is 13.2. The van der Waals surface area contributed by atoms with Gasteiger partial charge in [0.25, 0.3) is 5.91 Å². The average Bonchev–Trinajstić information content (AvgIpc) is 3.37. The van der Waals surface area contributed by atoms with Crippen LogP contribution in [0.3, 0.4) is 0 Å². The van der Waals surface area contributed by atoms with E-state index in [-0.39, 0.29) is 24.4 Å². The Labute approximate surface area is 225 Å². The van der Waals surface area contributed by atoms with Crippen molar-refractivity contribution in [2.45, 2.75) is 53.5 Å². The smallest absolute Gasteiger partial charge is 0.254 e. The number of rotatable bonds is 9. The van der Waals surface area contributed by atoms with Crippen LogP contribution in [-0.2, 0) is 11.2 Å². The lowest BCUT2D eigenvalue weighted by atomic mass is 10.00. The minimum absolute atomic E-state index is 0.0326. The van der Waals surface area contributed by atoms with E-state index in [0.29, 0.717) is 31.2 Å². The number of fused-ring (bicyclic) bond motifs is 1. The highest BCUT2D eigenvalue weighted by Gasteiger charge is 2.34. The Balaban J connectivity index is 1.55. The highest BCUT2D eigenvalue weighted by molar-refractivity contribution is 7.10. The van der Waals surface area contributed by atoms with Gasteiger partial charge in [-0.3, -0.25) is 9.59 Å². The molecule has 2 aromatic carbocycles. The predicted molar refractivity (Wildman–Crippen MR) is 150 cm³/mol. The molecule has 196 valence electrons. The molecule has 1 aliphatic heterocycles. The molecule has 2 unspecified atom stereocenters. The van der Waals surface area contributed by atoms with Gasteiger partial charge in [-0.2, -0.15) is 0 Å². The van der Waals surface area contributed by atoms with Crippen LogP contribution < -0.4 is 4.74 Å². The van der Waals surface area contributed by atoms with Crippen LogP contribution in [0.1, 0.15) is 63.8 Å². The van der Waals surface area contributed by atoms with Gasteiger partial charge in [0.2, 0.25) is 5.91 Å². The number of benzene rings is 2. The van der Waals surface area contributed by atoms with E-state index in [9.17, 15) is 9.59 Å². The van der Waals surface area contributed by atoms with Crippen molar-refractivity contribution in [3.8, 4) is 5.75 Å². The van der Waals surface area contributed by atoms with Crippen LogP contribution in [0, 0.1) is 26.7 Å². The molecule has 0 N–H and O–H groups in total. The van der Waals surface area contributed by atoms with E-state index in [0.717, 1.165) is 35.3 Å². The fraction of sp³-hybridized carbons (Fsp3) is 0.419. The lowest BCUT2D eigenvalue weighted by molar-refractivity contribution is -0.135. The van der Waals surface area contributed by atoms with Crippen molar-refractivity contribution in [3.63, 3.8) is 0 Å². The summed E-state index contributed by atoms with van der Waals surface area (Å²) in [5, 5.41) is 2.10. The van der Waals surface area contributed by atoms with Crippen molar-refractivity contribution < 1.29 is 14.3 Å². The lowest BCUT2D eigenvalue weighted by Crippen LogP contribution is -2.48. The molecule has 6 heteroatoms. The highest BCUT2D eigenvalue weighted by atomic mass is 32.1. The SMILES string of the molecule is CCC(C)CN(CC(=O)N1CCc2sccc2C1COc1ccc(C)cc1C)C(=O)c1ccc(C)cc1. The monoisotopic (exact) mass is 518 g/mol. The van der Waals surface area contributed by atoms with Gasteiger partial charge in [0.1, 0.15) is 18.9 Å². The fourth-order valence-electron chi connectivity index (χ4n) is 4.86. The average molecular weight is 519 g/mol. The molecule has 0 saturated heterocycles. The van der Waals surface area contributed by atoms with Gasteiger partial charge < -0.3 is 14.5 Å². The molecule has 0 aliphatic carbocycles. The maximum Gasteiger partial charge on any atom is 0.254 e. The van der Waals surface area contributed by atoms with Crippen LogP contribution in [-0.4, -0.2) is 47.9 Å². The van der Waals surface area contributed by atoms with Gasteiger partial charge in [-0.1, -0.05) is 55.7 Å². The maximum atomic E-state index is 13.8. The number of ether oxygens (including phenoxy) is 1. The Bertz CT molecular complexity index is 1230. The molecule has 3 aromatic rings. The summed E-state index contributed by atoms with van der Waals surface area (Å²) in [7, 11) is 0. The van der Waals surface area contributed by atoms with Gasteiger partial charge >= 0.3 is 0 Å². The fourth-order valence-corrected chi connectivity index (χ4v) is 5.79. The van der Waals surface area contributed by atoms with Crippen LogP contribution >= 0.6 is 11.3 Å². The molecular formula is C31H38N2O3S. The Morgan fingerprint density at radius 3 is 2.51 bits per heavy atom. The van der Waals surface area contributed by atoms with Crippen LogP contribution in [0.2, 0.25) is 0 Å². The van der Waals surface area contributed by atoms with E-state index in [2.05, 4.69) is 38.3 Å². The van der Waals surface area contributed by atoms with Crippen molar-refractivity contribution in [1.82, 2.24) is 9.80 Å². The van der Waals surface area contributed by atoms with Crippen molar-refractivity contribution in [2.24, 2.45) is 5.92 Å². The minimum Gasteiger partial charge on any atom is -0.491 e. The van der Waals surface area contributed by atoms with Crippen LogP contribution in [0.25, 0.3) is 0 Å². The van der Waals surface area contributed by atoms with Crippen molar-refractivity contribution in [1.29, 1.82) is 0 Å². The van der Waals surface area contributed by atoms with Gasteiger partial charge in [-0.05, 0) is 73.9 Å². The number of hydrogen-bond donors (Lipinski definition) is 0. The van der Waals surface area contributed by atoms with Gasteiger partial charge in [0, 0.05) is 23.5 Å². The number of thiophene rings is 1. The molecule has 0 saturated carbocycles. The van der Waals surface area contributed by atoms with Crippen molar-refractivity contribution >= 4 is 23.2 Å². The maximum absolute atomic E-state index is 13.8. The van der Waals surface area contributed by atoms with E-state index < -0.39 is 0 Å². The first-order chi connectivity index (χ1) is 17.8. The Morgan fingerprint density at radius 2 is 1.81 bits per heavy atom. The standard InChI is InChI=1S/C31H38N2O3S/c1-6-21(2)18-32(31(35)25-10-7-22(3)8-11-25)19-30(34)33-15-13-29-26(14-16-37-29)27(33)20-36-28-12-9-23(4)17-24(28)5/h7-12,14,16-17,21,27H,6,13,15,18-20H2,1-5H3. The summed E-state index contributed by atoms with van der Waals surface area (Å²) in [6.07, 6.45) is 1.77. The molecule has 1 aromatic heterocycles. The van der Waals surface area contributed by atoms with Gasteiger partial charge in [-0.15, -0.1) is 11.3 Å². The molecule has 2 atom stereocenters. The minimum atomic E-state index is -0.178. The topological polar surface area (TPSA) is 49.9 Å². The second-order valence-corrected chi connectivity index (χ2v) is 11.3. The zero-order chi connectivity index (χ0) is 26.5. The molecular weight excluding hydrogens is 480 g/mol. The second kappa shape index (κ2) is 12.0. The summed E-state index contributed by atoms with van der Waals surface area (Å²) < 4.78 is 6.28. The third kappa shape index (κ3) is 6.42. The molecule has 0 bridgehead atoms. The van der Waals surface area contributed by atoms with Crippen molar-refractivity contribution in [2.75, 3.05) is 26.2 Å². The van der Waals surface area contributed by atoms with E-state index in [4.69, 9.17) is 4.74 Å². The molecule has 0 radical (unpaired) electrons. The molecule has 1 aliphatic rings. The van der Waals surface area contributed by atoms with E-state index in [1.807, 2.05) is 55.1 Å². The van der Waals surface area contributed by atoms with E-state index in [1.165, 1.54) is 10.4 Å². The highest BCUT2D eigenvalue weighted by Crippen LogP contribution is 2.34. The summed E-state index contributed by atoms with van der Waals surface area (Å²) in [6, 6.07) is 15.7. The molecule has 5 nitrogen and oxygen atoms in total. The Morgan fingerprint density at radius 1 is 1.08 bits per heavy atom. The van der Waals surface area contributed by atoms with Crippen molar-refractivity contribution in [3.05, 3.63) is 86.6 Å². The first-order valence-corrected chi connectivity index (χ1v) is 14.1. The summed E-state index contributed by atoms with van der Waals surface area (Å²) >= 11 is 1.74. The number of carbonyl (C=O) groups excluding carboxylic acids is 2.